The molecule has 0 bridgehead atoms. The summed E-state index contributed by atoms with van der Waals surface area (Å²) in [7, 11) is 0. The monoisotopic (exact) mass is 470 g/mol. The zero-order chi connectivity index (χ0) is 21.1. The molecule has 0 amide bonds. The van der Waals surface area contributed by atoms with Gasteiger partial charge in [0.2, 0.25) is 0 Å². The van der Waals surface area contributed by atoms with Gasteiger partial charge >= 0.3 is 12.1 Å². The summed E-state index contributed by atoms with van der Waals surface area (Å²) in [5.41, 5.74) is 3.28. The van der Waals surface area contributed by atoms with Crippen LogP contribution in [0.2, 0.25) is 0 Å². The minimum Gasteiger partial charge on any atom is -0.459 e. The second-order valence-corrected chi connectivity index (χ2v) is 7.17. The molecule has 0 unspecified atom stereocenters. The fourth-order valence-corrected chi connectivity index (χ4v) is 3.25. The minimum atomic E-state index is -4.94. The van der Waals surface area contributed by atoms with E-state index in [2.05, 4.69) is 20.7 Å². The van der Waals surface area contributed by atoms with E-state index in [0.717, 1.165) is 21.2 Å². The molecule has 29 heavy (non-hydrogen) atoms. The largest absolute Gasteiger partial charge is 0.490 e. The third-order valence-corrected chi connectivity index (χ3v) is 4.80. The molecular weight excluding hydrogens is 449 g/mol. The number of ether oxygens (including phenoxy) is 2. The molecule has 2 aromatic rings. The van der Waals surface area contributed by atoms with Crippen LogP contribution >= 0.6 is 15.9 Å². The number of alkyl halides is 3. The Bertz CT molecular complexity index is 748. The lowest BCUT2D eigenvalue weighted by Gasteiger charge is -2.13. The van der Waals surface area contributed by atoms with Crippen LogP contribution in [0.5, 0.6) is 0 Å². The molecule has 0 aromatic heterocycles. The van der Waals surface area contributed by atoms with Crippen molar-refractivity contribution in [3.8, 4) is 0 Å². The van der Waals surface area contributed by atoms with Crippen molar-refractivity contribution in [2.24, 2.45) is 0 Å². The predicted molar refractivity (Wildman–Crippen MR) is 110 cm³/mol. The molecule has 0 atom stereocenters. The second-order valence-electron chi connectivity index (χ2n) is 6.22. The van der Waals surface area contributed by atoms with Crippen LogP contribution in [-0.4, -0.2) is 32.0 Å². The van der Waals surface area contributed by atoms with E-state index in [0.29, 0.717) is 32.5 Å². The van der Waals surface area contributed by atoms with E-state index in [-0.39, 0.29) is 6.61 Å². The first kappa shape index (κ1) is 23.2. The Morgan fingerprint density at radius 3 is 1.86 bits per heavy atom. The Morgan fingerprint density at radius 1 is 0.828 bits per heavy atom. The molecule has 0 fully saturated rings. The SMILES string of the molecule is O=C(OCCCCOCCC(Br)=C(c1ccccc1)c1ccccc1)C(F)(F)F. The number of unbranched alkanes of at least 4 members (excludes halogenated alkanes) is 1. The van der Waals surface area contributed by atoms with E-state index in [1.807, 2.05) is 60.7 Å². The zero-order valence-electron chi connectivity index (χ0n) is 15.8. The molecule has 0 aliphatic carbocycles. The number of halogens is 4. The highest BCUT2D eigenvalue weighted by molar-refractivity contribution is 9.11. The topological polar surface area (TPSA) is 35.5 Å². The maximum atomic E-state index is 12.0. The van der Waals surface area contributed by atoms with Crippen LogP contribution in [0.4, 0.5) is 13.2 Å². The van der Waals surface area contributed by atoms with E-state index in [9.17, 15) is 18.0 Å². The van der Waals surface area contributed by atoms with E-state index in [1.165, 1.54) is 0 Å². The van der Waals surface area contributed by atoms with E-state index in [4.69, 9.17) is 4.74 Å². The number of esters is 1. The quantitative estimate of drug-likeness (QED) is 0.309. The van der Waals surface area contributed by atoms with Gasteiger partial charge < -0.3 is 9.47 Å². The average Bonchev–Trinajstić information content (AvgIpc) is 2.71. The van der Waals surface area contributed by atoms with Gasteiger partial charge in [-0.1, -0.05) is 76.6 Å². The van der Waals surface area contributed by atoms with E-state index < -0.39 is 12.1 Å². The molecule has 156 valence electrons. The molecule has 0 radical (unpaired) electrons. The Hall–Kier alpha value is -2.12. The fraction of sp³-hybridized carbons (Fsp3) is 0.318. The molecule has 0 saturated heterocycles. The highest BCUT2D eigenvalue weighted by Gasteiger charge is 2.40. The highest BCUT2D eigenvalue weighted by Crippen LogP contribution is 2.31. The van der Waals surface area contributed by atoms with Crippen molar-refractivity contribution in [2.75, 3.05) is 19.8 Å². The Morgan fingerprint density at radius 2 is 1.34 bits per heavy atom. The van der Waals surface area contributed by atoms with Crippen molar-refractivity contribution in [1.82, 2.24) is 0 Å². The van der Waals surface area contributed by atoms with Crippen LogP contribution in [-0.2, 0) is 14.3 Å². The summed E-state index contributed by atoms with van der Waals surface area (Å²) in [6, 6.07) is 20.1. The molecule has 3 nitrogen and oxygen atoms in total. The molecule has 0 N–H and O–H groups in total. The molecule has 7 heteroatoms. The highest BCUT2D eigenvalue weighted by atomic mass is 79.9. The van der Waals surface area contributed by atoms with Crippen molar-refractivity contribution in [2.45, 2.75) is 25.4 Å². The predicted octanol–water partition coefficient (Wildman–Crippen LogP) is 6.13. The summed E-state index contributed by atoms with van der Waals surface area (Å²) in [6.07, 6.45) is -3.46. The number of benzene rings is 2. The van der Waals surface area contributed by atoms with Gasteiger partial charge in [0.1, 0.15) is 0 Å². The van der Waals surface area contributed by atoms with Crippen LogP contribution in [0.25, 0.3) is 5.57 Å². The summed E-state index contributed by atoms with van der Waals surface area (Å²) >= 11 is 3.68. The molecular formula is C22H22BrF3O3. The lowest BCUT2D eigenvalue weighted by molar-refractivity contribution is -0.199. The molecule has 0 aliphatic heterocycles. The van der Waals surface area contributed by atoms with Crippen LogP contribution in [0, 0.1) is 0 Å². The van der Waals surface area contributed by atoms with Crippen molar-refractivity contribution >= 4 is 27.5 Å². The fourth-order valence-electron chi connectivity index (χ4n) is 2.63. The first-order chi connectivity index (χ1) is 13.9. The maximum absolute atomic E-state index is 12.0. The van der Waals surface area contributed by atoms with Gasteiger partial charge in [-0.25, -0.2) is 4.79 Å². The Kier molecular flexibility index (Phi) is 9.41. The van der Waals surface area contributed by atoms with Crippen molar-refractivity contribution < 1.29 is 27.4 Å². The smallest absolute Gasteiger partial charge is 0.459 e. The third-order valence-electron chi connectivity index (χ3n) is 4.01. The van der Waals surface area contributed by atoms with Crippen LogP contribution in [0.3, 0.4) is 0 Å². The van der Waals surface area contributed by atoms with E-state index >= 15 is 0 Å². The molecule has 0 spiro atoms. The van der Waals surface area contributed by atoms with Crippen LogP contribution in [0.1, 0.15) is 30.4 Å². The van der Waals surface area contributed by atoms with E-state index in [1.54, 1.807) is 0 Å². The van der Waals surface area contributed by atoms with Gasteiger partial charge in [-0.05, 0) is 29.5 Å². The van der Waals surface area contributed by atoms with Crippen LogP contribution < -0.4 is 0 Å². The van der Waals surface area contributed by atoms with Gasteiger partial charge in [-0.15, -0.1) is 0 Å². The second kappa shape index (κ2) is 11.8. The van der Waals surface area contributed by atoms with Gasteiger partial charge in [-0.2, -0.15) is 13.2 Å². The number of carbonyl (C=O) groups excluding carboxylic acids is 1. The number of rotatable bonds is 10. The molecule has 0 heterocycles. The van der Waals surface area contributed by atoms with Gasteiger partial charge in [0.25, 0.3) is 0 Å². The van der Waals surface area contributed by atoms with Crippen molar-refractivity contribution in [1.29, 1.82) is 0 Å². The Balaban J connectivity index is 1.80. The Labute approximate surface area is 176 Å². The molecule has 0 saturated carbocycles. The normalized spacial score (nSPS) is 11.2. The number of hydrogen-bond acceptors (Lipinski definition) is 3. The van der Waals surface area contributed by atoms with Gasteiger partial charge in [-0.3, -0.25) is 0 Å². The summed E-state index contributed by atoms with van der Waals surface area (Å²) in [6.45, 7) is 0.583. The summed E-state index contributed by atoms with van der Waals surface area (Å²) in [5.74, 6) is -2.15. The van der Waals surface area contributed by atoms with Gasteiger partial charge in [0, 0.05) is 17.5 Å². The lowest BCUT2D eigenvalue weighted by atomic mass is 9.97. The molecule has 2 aromatic carbocycles. The van der Waals surface area contributed by atoms with Crippen molar-refractivity contribution in [3.05, 3.63) is 76.3 Å². The summed E-state index contributed by atoms with van der Waals surface area (Å²) in [5, 5.41) is 0. The number of carbonyl (C=O) groups is 1. The maximum Gasteiger partial charge on any atom is 0.490 e. The first-order valence-electron chi connectivity index (χ1n) is 9.21. The third kappa shape index (κ3) is 8.03. The van der Waals surface area contributed by atoms with Crippen molar-refractivity contribution in [3.63, 3.8) is 0 Å². The first-order valence-corrected chi connectivity index (χ1v) is 10.00. The standard InChI is InChI=1S/C22H22BrF3O3/c23-19(13-16-28-14-7-8-15-29-21(27)22(24,25)26)20(17-9-3-1-4-10-17)18-11-5-2-6-12-18/h1-6,9-12H,7-8,13-16H2. The lowest BCUT2D eigenvalue weighted by Crippen LogP contribution is -2.25. The summed E-state index contributed by atoms with van der Waals surface area (Å²) < 4.78 is 46.7. The minimum absolute atomic E-state index is 0.266. The molecule has 0 aliphatic rings. The number of hydrogen-bond donors (Lipinski definition) is 0. The summed E-state index contributed by atoms with van der Waals surface area (Å²) in [4.78, 5) is 10.6. The van der Waals surface area contributed by atoms with Gasteiger partial charge in [0.05, 0.1) is 13.2 Å². The van der Waals surface area contributed by atoms with Gasteiger partial charge in [0.15, 0.2) is 0 Å². The zero-order valence-corrected chi connectivity index (χ0v) is 17.3. The van der Waals surface area contributed by atoms with Crippen LogP contribution in [0.15, 0.2) is 65.1 Å². The molecule has 2 rings (SSSR count). The average molecular weight is 471 g/mol.